The van der Waals surface area contributed by atoms with Crippen molar-refractivity contribution in [3.05, 3.63) is 23.8 Å². The summed E-state index contributed by atoms with van der Waals surface area (Å²) in [7, 11) is 0. The van der Waals surface area contributed by atoms with E-state index in [1.54, 1.807) is 0 Å². The number of hydrogen-bond acceptors (Lipinski definition) is 2. The number of hydrogen-bond donors (Lipinski definition) is 2. The van der Waals surface area contributed by atoms with Crippen LogP contribution in [0.5, 0.6) is 0 Å². The Morgan fingerprint density at radius 1 is 1.53 bits per heavy atom. The summed E-state index contributed by atoms with van der Waals surface area (Å²) in [6.07, 6.45) is 0.991. The Labute approximate surface area is 87.7 Å². The molecule has 15 heavy (non-hydrogen) atoms. The van der Waals surface area contributed by atoms with Crippen LogP contribution in [0.3, 0.4) is 0 Å². The van der Waals surface area contributed by atoms with Gasteiger partial charge in [0.2, 0.25) is 11.9 Å². The number of aromatic nitrogens is 2. The maximum Gasteiger partial charge on any atom is 0.223 e. The maximum absolute atomic E-state index is 10.8. The molecule has 4 nitrogen and oxygen atoms in total. The van der Waals surface area contributed by atoms with Crippen LogP contribution in [-0.2, 0) is 11.2 Å². The van der Waals surface area contributed by atoms with Crippen molar-refractivity contribution in [1.82, 2.24) is 9.97 Å². The molecule has 0 aliphatic heterocycles. The van der Waals surface area contributed by atoms with Crippen molar-refractivity contribution in [2.24, 2.45) is 0 Å². The number of fused-ring (bicyclic) bond motifs is 1. The van der Waals surface area contributed by atoms with Crippen molar-refractivity contribution in [2.75, 3.05) is 5.32 Å². The van der Waals surface area contributed by atoms with Crippen LogP contribution in [-0.4, -0.2) is 15.9 Å². The van der Waals surface area contributed by atoms with E-state index in [9.17, 15) is 4.79 Å². The molecule has 0 saturated heterocycles. The maximum atomic E-state index is 10.8. The second kappa shape index (κ2) is 3.73. The predicted molar refractivity (Wildman–Crippen MR) is 59.8 cm³/mol. The first kappa shape index (κ1) is 9.71. The molecule has 0 unspecified atom stereocenters. The van der Waals surface area contributed by atoms with Gasteiger partial charge in [0.1, 0.15) is 0 Å². The first-order chi connectivity index (χ1) is 7.19. The normalized spacial score (nSPS) is 10.5. The zero-order valence-electron chi connectivity index (χ0n) is 8.79. The van der Waals surface area contributed by atoms with E-state index in [1.807, 2.05) is 18.2 Å². The lowest BCUT2D eigenvalue weighted by molar-refractivity contribution is -0.114. The lowest BCUT2D eigenvalue weighted by atomic mass is 10.1. The molecule has 1 heterocycles. The summed E-state index contributed by atoms with van der Waals surface area (Å²) in [5.74, 6) is 0.385. The predicted octanol–water partition coefficient (Wildman–Crippen LogP) is 2.08. The average molecular weight is 203 g/mol. The Balaban J connectivity index is 2.42. The van der Waals surface area contributed by atoms with Crippen LogP contribution >= 0.6 is 0 Å². The molecule has 2 N–H and O–H groups in total. The smallest absolute Gasteiger partial charge is 0.223 e. The van der Waals surface area contributed by atoms with Crippen molar-refractivity contribution >= 4 is 22.9 Å². The SMILES string of the molecule is CCc1ccc2nc(NC(C)=O)[nH]c2c1. The van der Waals surface area contributed by atoms with E-state index in [4.69, 9.17) is 0 Å². The van der Waals surface area contributed by atoms with Crippen molar-refractivity contribution in [3.63, 3.8) is 0 Å². The Morgan fingerprint density at radius 2 is 2.33 bits per heavy atom. The molecule has 2 rings (SSSR count). The minimum atomic E-state index is -0.121. The number of carbonyl (C=O) groups excluding carboxylic acids is 1. The van der Waals surface area contributed by atoms with Gasteiger partial charge in [-0.1, -0.05) is 13.0 Å². The van der Waals surface area contributed by atoms with Gasteiger partial charge in [-0.15, -0.1) is 0 Å². The van der Waals surface area contributed by atoms with E-state index in [2.05, 4.69) is 22.2 Å². The topological polar surface area (TPSA) is 57.8 Å². The van der Waals surface area contributed by atoms with Crippen LogP contribution in [0.25, 0.3) is 11.0 Å². The Hall–Kier alpha value is -1.84. The van der Waals surface area contributed by atoms with Crippen molar-refractivity contribution < 1.29 is 4.79 Å². The molecule has 1 aromatic carbocycles. The van der Waals surface area contributed by atoms with Crippen molar-refractivity contribution in [2.45, 2.75) is 20.3 Å². The number of rotatable bonds is 2. The summed E-state index contributed by atoms with van der Waals surface area (Å²) in [5, 5.41) is 2.63. The van der Waals surface area contributed by atoms with E-state index in [-0.39, 0.29) is 5.91 Å². The quantitative estimate of drug-likeness (QED) is 0.785. The van der Waals surface area contributed by atoms with Gasteiger partial charge in [-0.2, -0.15) is 0 Å². The number of nitrogens with one attached hydrogen (secondary N) is 2. The molecule has 0 atom stereocenters. The number of imidazole rings is 1. The molecule has 1 aromatic heterocycles. The molecule has 2 aromatic rings. The molecule has 0 saturated carbocycles. The summed E-state index contributed by atoms with van der Waals surface area (Å²) in [4.78, 5) is 18.1. The first-order valence-electron chi connectivity index (χ1n) is 4.95. The van der Waals surface area contributed by atoms with E-state index >= 15 is 0 Å². The minimum Gasteiger partial charge on any atom is -0.324 e. The highest BCUT2D eigenvalue weighted by atomic mass is 16.1. The van der Waals surface area contributed by atoms with Crippen LogP contribution in [0.2, 0.25) is 0 Å². The fourth-order valence-electron chi connectivity index (χ4n) is 1.50. The lowest BCUT2D eigenvalue weighted by Crippen LogP contribution is -2.06. The van der Waals surface area contributed by atoms with Gasteiger partial charge in [0, 0.05) is 6.92 Å². The molecule has 0 bridgehead atoms. The van der Waals surface area contributed by atoms with Gasteiger partial charge >= 0.3 is 0 Å². The molecule has 78 valence electrons. The highest BCUT2D eigenvalue weighted by molar-refractivity contribution is 5.89. The number of anilines is 1. The number of benzene rings is 1. The van der Waals surface area contributed by atoms with Crippen LogP contribution in [0.1, 0.15) is 19.4 Å². The van der Waals surface area contributed by atoms with Crippen LogP contribution < -0.4 is 5.32 Å². The van der Waals surface area contributed by atoms with Crippen LogP contribution in [0, 0.1) is 0 Å². The summed E-state index contributed by atoms with van der Waals surface area (Å²) in [5.41, 5.74) is 3.08. The molecular weight excluding hydrogens is 190 g/mol. The standard InChI is InChI=1S/C11H13N3O/c1-3-8-4-5-9-10(6-8)14-11(13-9)12-7(2)15/h4-6H,3H2,1-2H3,(H2,12,13,14,15). The minimum absolute atomic E-state index is 0.121. The number of carbonyl (C=O) groups is 1. The average Bonchev–Trinajstić information content (AvgIpc) is 2.57. The van der Waals surface area contributed by atoms with Gasteiger partial charge in [-0.05, 0) is 24.1 Å². The fraction of sp³-hybridized carbons (Fsp3) is 0.273. The summed E-state index contributed by atoms with van der Waals surface area (Å²) < 4.78 is 0. The third-order valence-electron chi connectivity index (χ3n) is 2.25. The lowest BCUT2D eigenvalue weighted by Gasteiger charge is -1.94. The summed E-state index contributed by atoms with van der Waals surface area (Å²) in [6.45, 7) is 3.57. The molecule has 0 fully saturated rings. The highest BCUT2D eigenvalue weighted by Crippen LogP contribution is 2.16. The summed E-state index contributed by atoms with van der Waals surface area (Å²) in [6, 6.07) is 6.05. The Bertz CT molecular complexity index is 502. The van der Waals surface area contributed by atoms with E-state index in [0.717, 1.165) is 17.5 Å². The Morgan fingerprint density at radius 3 is 3.00 bits per heavy atom. The van der Waals surface area contributed by atoms with Gasteiger partial charge in [0.05, 0.1) is 11.0 Å². The zero-order valence-corrected chi connectivity index (χ0v) is 8.79. The van der Waals surface area contributed by atoms with E-state index in [0.29, 0.717) is 5.95 Å². The third-order valence-corrected chi connectivity index (χ3v) is 2.25. The molecule has 0 spiro atoms. The number of nitrogens with zero attached hydrogens (tertiary/aromatic N) is 1. The fourth-order valence-corrected chi connectivity index (χ4v) is 1.50. The molecule has 0 aliphatic rings. The number of amides is 1. The highest BCUT2D eigenvalue weighted by Gasteiger charge is 2.03. The second-order valence-corrected chi connectivity index (χ2v) is 3.47. The van der Waals surface area contributed by atoms with Crippen molar-refractivity contribution in [1.29, 1.82) is 0 Å². The van der Waals surface area contributed by atoms with Gasteiger partial charge in [-0.3, -0.25) is 10.1 Å². The summed E-state index contributed by atoms with van der Waals surface area (Å²) >= 11 is 0. The molecule has 1 amide bonds. The van der Waals surface area contributed by atoms with Gasteiger partial charge in [0.15, 0.2) is 0 Å². The molecule has 0 radical (unpaired) electrons. The number of aryl methyl sites for hydroxylation is 1. The van der Waals surface area contributed by atoms with E-state index < -0.39 is 0 Å². The van der Waals surface area contributed by atoms with Crippen molar-refractivity contribution in [3.8, 4) is 0 Å². The zero-order chi connectivity index (χ0) is 10.8. The Kier molecular flexibility index (Phi) is 2.41. The molecule has 0 aliphatic carbocycles. The van der Waals surface area contributed by atoms with Crippen LogP contribution in [0.4, 0.5) is 5.95 Å². The molecular formula is C11H13N3O. The number of H-pyrrole nitrogens is 1. The van der Waals surface area contributed by atoms with Crippen LogP contribution in [0.15, 0.2) is 18.2 Å². The largest absolute Gasteiger partial charge is 0.324 e. The van der Waals surface area contributed by atoms with Gasteiger partial charge < -0.3 is 4.98 Å². The third kappa shape index (κ3) is 1.98. The van der Waals surface area contributed by atoms with E-state index in [1.165, 1.54) is 12.5 Å². The van der Waals surface area contributed by atoms with Gasteiger partial charge in [0.25, 0.3) is 0 Å². The number of aromatic amines is 1. The molecule has 4 heteroatoms. The first-order valence-corrected chi connectivity index (χ1v) is 4.95. The van der Waals surface area contributed by atoms with Gasteiger partial charge in [-0.25, -0.2) is 4.98 Å². The second-order valence-electron chi connectivity index (χ2n) is 3.47. The monoisotopic (exact) mass is 203 g/mol.